The number of nitrogens with zero attached hydrogens (tertiary/aromatic N) is 1. The van der Waals surface area contributed by atoms with E-state index in [1.807, 2.05) is 30.3 Å². The van der Waals surface area contributed by atoms with Crippen LogP contribution >= 0.6 is 0 Å². The first kappa shape index (κ1) is 18.8. The molecule has 1 heterocycles. The van der Waals surface area contributed by atoms with Gasteiger partial charge in [0.05, 0.1) is 17.4 Å². The largest absolute Gasteiger partial charge is 0.494 e. The van der Waals surface area contributed by atoms with E-state index in [9.17, 15) is 14.9 Å². The Bertz CT molecular complexity index is 782. The van der Waals surface area contributed by atoms with Crippen LogP contribution in [0.1, 0.15) is 24.4 Å². The number of rotatable bonds is 7. The minimum Gasteiger partial charge on any atom is -0.494 e. The van der Waals surface area contributed by atoms with Crippen LogP contribution in [0.4, 0.5) is 5.69 Å². The Morgan fingerprint density at radius 3 is 2.48 bits per heavy atom. The molecule has 3 rings (SSSR count). The molecule has 3 unspecified atom stereocenters. The molecular weight excluding hydrogens is 348 g/mol. The molecule has 0 aliphatic carbocycles. The Labute approximate surface area is 156 Å². The summed E-state index contributed by atoms with van der Waals surface area (Å²) in [5.74, 6) is 0.228. The highest BCUT2D eigenvalue weighted by molar-refractivity contribution is 5.80. The smallest absolute Gasteiger partial charge is 0.269 e. The summed E-state index contributed by atoms with van der Waals surface area (Å²) in [5, 5.41) is 16.6. The third-order valence-electron chi connectivity index (χ3n) is 4.53. The molecule has 0 spiro atoms. The van der Waals surface area contributed by atoms with E-state index in [1.54, 1.807) is 12.1 Å². The number of nitro groups is 1. The van der Waals surface area contributed by atoms with Gasteiger partial charge < -0.3 is 10.1 Å². The SMILES string of the molecule is NC1NC(=O)C(CCCOc2ccc([N+](=O)[O-])cc2)C(c2ccccc2)N1. The zero-order chi connectivity index (χ0) is 19.2. The van der Waals surface area contributed by atoms with Gasteiger partial charge in [0.2, 0.25) is 5.91 Å². The first-order valence-electron chi connectivity index (χ1n) is 8.79. The van der Waals surface area contributed by atoms with Gasteiger partial charge in [0.1, 0.15) is 12.0 Å². The lowest BCUT2D eigenvalue weighted by Crippen LogP contribution is -2.61. The molecule has 2 aromatic carbocycles. The number of hydrogen-bond acceptors (Lipinski definition) is 6. The molecule has 0 aromatic heterocycles. The van der Waals surface area contributed by atoms with Gasteiger partial charge >= 0.3 is 0 Å². The molecule has 8 nitrogen and oxygen atoms in total. The second-order valence-electron chi connectivity index (χ2n) is 6.39. The van der Waals surface area contributed by atoms with Crippen molar-refractivity contribution in [2.24, 2.45) is 11.7 Å². The lowest BCUT2D eigenvalue weighted by atomic mass is 9.87. The predicted octanol–water partition coefficient (Wildman–Crippen LogP) is 2.07. The lowest BCUT2D eigenvalue weighted by Gasteiger charge is -2.36. The van der Waals surface area contributed by atoms with E-state index < -0.39 is 11.2 Å². The summed E-state index contributed by atoms with van der Waals surface area (Å²) < 4.78 is 5.63. The number of nitrogens with one attached hydrogen (secondary N) is 2. The highest BCUT2D eigenvalue weighted by Crippen LogP contribution is 2.29. The summed E-state index contributed by atoms with van der Waals surface area (Å²) in [5.41, 5.74) is 6.90. The molecule has 1 aliphatic rings. The number of carbonyl (C=O) groups is 1. The molecule has 0 saturated carbocycles. The number of amides is 1. The molecule has 1 aliphatic heterocycles. The first-order chi connectivity index (χ1) is 13.0. The lowest BCUT2D eigenvalue weighted by molar-refractivity contribution is -0.384. The Morgan fingerprint density at radius 2 is 1.81 bits per heavy atom. The molecule has 3 atom stereocenters. The number of hydrogen-bond donors (Lipinski definition) is 3. The number of nitro benzene ring substituents is 1. The van der Waals surface area contributed by atoms with Crippen LogP contribution in [0, 0.1) is 16.0 Å². The number of benzene rings is 2. The summed E-state index contributed by atoms with van der Waals surface area (Å²) in [4.78, 5) is 22.6. The van der Waals surface area contributed by atoms with Gasteiger partial charge in [-0.3, -0.25) is 26.0 Å². The molecule has 27 heavy (non-hydrogen) atoms. The summed E-state index contributed by atoms with van der Waals surface area (Å²) in [6, 6.07) is 15.5. The van der Waals surface area contributed by atoms with Crippen molar-refractivity contribution in [1.82, 2.24) is 10.6 Å². The van der Waals surface area contributed by atoms with E-state index in [1.165, 1.54) is 12.1 Å². The van der Waals surface area contributed by atoms with Crippen LogP contribution in [0.5, 0.6) is 5.75 Å². The average Bonchev–Trinajstić information content (AvgIpc) is 2.67. The zero-order valence-electron chi connectivity index (χ0n) is 14.7. The van der Waals surface area contributed by atoms with E-state index >= 15 is 0 Å². The van der Waals surface area contributed by atoms with Crippen molar-refractivity contribution in [3.8, 4) is 5.75 Å². The Hall–Kier alpha value is -2.97. The van der Waals surface area contributed by atoms with E-state index in [0.29, 0.717) is 25.2 Å². The Kier molecular flexibility index (Phi) is 6.00. The molecule has 4 N–H and O–H groups in total. The van der Waals surface area contributed by atoms with Crippen molar-refractivity contribution >= 4 is 11.6 Å². The summed E-state index contributed by atoms with van der Waals surface area (Å²) >= 11 is 0. The van der Waals surface area contributed by atoms with Crippen molar-refractivity contribution in [3.05, 3.63) is 70.3 Å². The van der Waals surface area contributed by atoms with Crippen LogP contribution < -0.4 is 21.1 Å². The maximum Gasteiger partial charge on any atom is 0.269 e. The average molecular weight is 370 g/mol. The van der Waals surface area contributed by atoms with Gasteiger partial charge in [-0.25, -0.2) is 0 Å². The zero-order valence-corrected chi connectivity index (χ0v) is 14.7. The maximum atomic E-state index is 12.4. The number of ether oxygens (including phenoxy) is 1. The van der Waals surface area contributed by atoms with Crippen molar-refractivity contribution in [3.63, 3.8) is 0 Å². The number of carbonyl (C=O) groups excluding carboxylic acids is 1. The molecule has 0 bridgehead atoms. The first-order valence-corrected chi connectivity index (χ1v) is 8.79. The van der Waals surface area contributed by atoms with Gasteiger partial charge in [0.25, 0.3) is 5.69 Å². The highest BCUT2D eigenvalue weighted by Gasteiger charge is 2.35. The van der Waals surface area contributed by atoms with Crippen LogP contribution in [-0.2, 0) is 4.79 Å². The van der Waals surface area contributed by atoms with Crippen LogP contribution in [0.15, 0.2) is 54.6 Å². The van der Waals surface area contributed by atoms with Crippen LogP contribution in [-0.4, -0.2) is 23.7 Å². The predicted molar refractivity (Wildman–Crippen MR) is 99.8 cm³/mol. The maximum absolute atomic E-state index is 12.4. The third-order valence-corrected chi connectivity index (χ3v) is 4.53. The molecule has 1 saturated heterocycles. The molecule has 2 aromatic rings. The van der Waals surface area contributed by atoms with E-state index in [0.717, 1.165) is 5.56 Å². The normalized spacial score (nSPS) is 22.1. The van der Waals surface area contributed by atoms with Gasteiger partial charge in [-0.05, 0) is 30.5 Å². The fraction of sp³-hybridized carbons (Fsp3) is 0.316. The van der Waals surface area contributed by atoms with Gasteiger partial charge in [-0.15, -0.1) is 0 Å². The van der Waals surface area contributed by atoms with Crippen LogP contribution in [0.25, 0.3) is 0 Å². The van der Waals surface area contributed by atoms with Gasteiger partial charge in [0, 0.05) is 18.2 Å². The van der Waals surface area contributed by atoms with Gasteiger partial charge in [-0.1, -0.05) is 30.3 Å². The minimum atomic E-state index is -0.574. The fourth-order valence-electron chi connectivity index (χ4n) is 3.21. The Balaban J connectivity index is 1.56. The molecule has 0 radical (unpaired) electrons. The van der Waals surface area contributed by atoms with Crippen molar-refractivity contribution < 1.29 is 14.5 Å². The standard InChI is InChI=1S/C19H22N4O4/c20-19-21-17(13-5-2-1-3-6-13)16(18(24)22-19)7-4-12-27-15-10-8-14(9-11-15)23(25)26/h1-3,5-6,8-11,16-17,19,21H,4,7,12,20H2,(H,22,24). The monoisotopic (exact) mass is 370 g/mol. The number of non-ortho nitro benzene ring substituents is 1. The molecule has 8 heteroatoms. The summed E-state index contributed by atoms with van der Waals surface area (Å²) in [6.07, 6.45) is 0.711. The highest BCUT2D eigenvalue weighted by atomic mass is 16.6. The number of nitrogens with two attached hydrogens (primary N) is 1. The molecule has 142 valence electrons. The van der Waals surface area contributed by atoms with Crippen LogP contribution in [0.3, 0.4) is 0 Å². The summed E-state index contributed by atoms with van der Waals surface area (Å²) in [6.45, 7) is 0.412. The van der Waals surface area contributed by atoms with Crippen molar-refractivity contribution in [2.45, 2.75) is 25.2 Å². The van der Waals surface area contributed by atoms with E-state index in [2.05, 4.69) is 10.6 Å². The Morgan fingerprint density at radius 1 is 1.11 bits per heavy atom. The molecular formula is C19H22N4O4. The third kappa shape index (κ3) is 4.81. The molecule has 1 amide bonds. The second kappa shape index (κ2) is 8.61. The minimum absolute atomic E-state index is 0.0225. The second-order valence-corrected chi connectivity index (χ2v) is 6.39. The van der Waals surface area contributed by atoms with Gasteiger partial charge in [-0.2, -0.15) is 0 Å². The fourth-order valence-corrected chi connectivity index (χ4v) is 3.21. The van der Waals surface area contributed by atoms with Gasteiger partial charge in [0.15, 0.2) is 0 Å². The molecule has 1 fully saturated rings. The van der Waals surface area contributed by atoms with E-state index in [4.69, 9.17) is 10.5 Å². The van der Waals surface area contributed by atoms with Crippen molar-refractivity contribution in [2.75, 3.05) is 6.61 Å². The topological polar surface area (TPSA) is 120 Å². The van der Waals surface area contributed by atoms with Crippen LogP contribution in [0.2, 0.25) is 0 Å². The van der Waals surface area contributed by atoms with Crippen molar-refractivity contribution in [1.29, 1.82) is 0 Å². The summed E-state index contributed by atoms with van der Waals surface area (Å²) in [7, 11) is 0. The van der Waals surface area contributed by atoms with E-state index in [-0.39, 0.29) is 23.6 Å². The quantitative estimate of drug-likeness (QED) is 0.390.